The highest BCUT2D eigenvalue weighted by Gasteiger charge is 2.30. The van der Waals surface area contributed by atoms with Gasteiger partial charge in [-0.2, -0.15) is 0 Å². The molecule has 0 aliphatic carbocycles. The first-order valence-electron chi connectivity index (χ1n) is 7.68. The van der Waals surface area contributed by atoms with Gasteiger partial charge in [0.05, 0.1) is 0 Å². The first-order chi connectivity index (χ1) is 9.52. The van der Waals surface area contributed by atoms with Crippen LogP contribution >= 0.6 is 0 Å². The van der Waals surface area contributed by atoms with Gasteiger partial charge in [-0.3, -0.25) is 4.79 Å². The van der Waals surface area contributed by atoms with Crippen LogP contribution in [-0.4, -0.2) is 29.9 Å². The van der Waals surface area contributed by atoms with Crippen LogP contribution in [0.5, 0.6) is 0 Å². The Balaban J connectivity index is 2.13. The Morgan fingerprint density at radius 3 is 2.70 bits per heavy atom. The normalized spacial score (nSPS) is 22.1. The average molecular weight is 274 g/mol. The third-order valence-corrected chi connectivity index (χ3v) is 4.08. The molecule has 1 N–H and O–H groups in total. The zero-order valence-electron chi connectivity index (χ0n) is 13.1. The van der Waals surface area contributed by atoms with Crippen molar-refractivity contribution in [2.24, 2.45) is 5.92 Å². The van der Waals surface area contributed by atoms with Crippen LogP contribution in [-0.2, 0) is 0 Å². The lowest BCUT2D eigenvalue weighted by Gasteiger charge is -2.22. The number of carbonyl (C=O) groups is 1. The third-order valence-electron chi connectivity index (χ3n) is 4.08. The van der Waals surface area contributed by atoms with Crippen LogP contribution in [0, 0.1) is 12.8 Å². The Kier molecular flexibility index (Phi) is 4.69. The lowest BCUT2D eigenvalue weighted by atomic mass is 10.1. The number of nitrogens with one attached hydrogen (secondary N) is 1. The molecule has 1 aromatic rings. The summed E-state index contributed by atoms with van der Waals surface area (Å²) in [5.41, 5.74) is 3.08. The minimum Gasteiger partial charge on any atom is -0.385 e. The molecule has 1 aromatic carbocycles. The molecule has 3 heteroatoms. The summed E-state index contributed by atoms with van der Waals surface area (Å²) >= 11 is 0. The van der Waals surface area contributed by atoms with Crippen LogP contribution in [0.15, 0.2) is 18.2 Å². The van der Waals surface area contributed by atoms with Gasteiger partial charge in [0.15, 0.2) is 0 Å². The Morgan fingerprint density at radius 1 is 1.40 bits per heavy atom. The summed E-state index contributed by atoms with van der Waals surface area (Å²) in [6, 6.07) is 6.34. The SMILES string of the molecule is CCCNc1ccc(C(=O)N2CC(C)CC2C)cc1C. The number of hydrogen-bond acceptors (Lipinski definition) is 2. The topological polar surface area (TPSA) is 32.3 Å². The van der Waals surface area contributed by atoms with Gasteiger partial charge in [0.25, 0.3) is 5.91 Å². The summed E-state index contributed by atoms with van der Waals surface area (Å²) in [7, 11) is 0. The summed E-state index contributed by atoms with van der Waals surface area (Å²) in [6.45, 7) is 10.4. The zero-order valence-corrected chi connectivity index (χ0v) is 13.1. The first-order valence-corrected chi connectivity index (χ1v) is 7.68. The summed E-state index contributed by atoms with van der Waals surface area (Å²) in [5.74, 6) is 0.785. The van der Waals surface area contributed by atoms with Crippen molar-refractivity contribution < 1.29 is 4.79 Å². The van der Waals surface area contributed by atoms with Gasteiger partial charge >= 0.3 is 0 Å². The van der Waals surface area contributed by atoms with Crippen molar-refractivity contribution in [3.63, 3.8) is 0 Å². The second-order valence-electron chi connectivity index (χ2n) is 6.10. The summed E-state index contributed by atoms with van der Waals surface area (Å²) in [5, 5.41) is 3.39. The van der Waals surface area contributed by atoms with E-state index in [2.05, 4.69) is 33.0 Å². The molecule has 1 heterocycles. The molecule has 1 aliphatic rings. The summed E-state index contributed by atoms with van der Waals surface area (Å²) in [6.07, 6.45) is 2.21. The van der Waals surface area contributed by atoms with E-state index in [-0.39, 0.29) is 5.91 Å². The van der Waals surface area contributed by atoms with Crippen LogP contribution in [0.4, 0.5) is 5.69 Å². The van der Waals surface area contributed by atoms with Gasteiger partial charge in [-0.15, -0.1) is 0 Å². The highest BCUT2D eigenvalue weighted by Crippen LogP contribution is 2.25. The zero-order chi connectivity index (χ0) is 14.7. The molecule has 1 amide bonds. The number of hydrogen-bond donors (Lipinski definition) is 1. The van der Waals surface area contributed by atoms with Crippen LogP contribution in [0.25, 0.3) is 0 Å². The molecule has 2 rings (SSSR count). The van der Waals surface area contributed by atoms with E-state index in [0.717, 1.165) is 42.7 Å². The van der Waals surface area contributed by atoms with E-state index in [1.54, 1.807) is 0 Å². The fourth-order valence-electron chi connectivity index (χ4n) is 3.00. The Morgan fingerprint density at radius 2 is 2.15 bits per heavy atom. The average Bonchev–Trinajstić information content (AvgIpc) is 2.75. The maximum Gasteiger partial charge on any atom is 0.254 e. The first kappa shape index (κ1) is 14.9. The summed E-state index contributed by atoms with van der Waals surface area (Å²) < 4.78 is 0. The van der Waals surface area contributed by atoms with Crippen LogP contribution in [0.3, 0.4) is 0 Å². The van der Waals surface area contributed by atoms with E-state index < -0.39 is 0 Å². The fraction of sp³-hybridized carbons (Fsp3) is 0.588. The maximum absolute atomic E-state index is 12.6. The van der Waals surface area contributed by atoms with Crippen molar-refractivity contribution in [1.29, 1.82) is 0 Å². The van der Waals surface area contributed by atoms with Crippen molar-refractivity contribution in [3.05, 3.63) is 29.3 Å². The van der Waals surface area contributed by atoms with Crippen molar-refractivity contribution in [2.45, 2.75) is 46.6 Å². The number of rotatable bonds is 4. The largest absolute Gasteiger partial charge is 0.385 e. The predicted octanol–water partition coefficient (Wildman–Crippen LogP) is 3.69. The van der Waals surface area contributed by atoms with Crippen LogP contribution in [0.2, 0.25) is 0 Å². The highest BCUT2D eigenvalue weighted by molar-refractivity contribution is 5.95. The molecule has 3 nitrogen and oxygen atoms in total. The summed E-state index contributed by atoms with van der Waals surface area (Å²) in [4.78, 5) is 14.6. The molecule has 0 spiro atoms. The van der Waals surface area contributed by atoms with Crippen molar-refractivity contribution >= 4 is 11.6 Å². The molecule has 1 saturated heterocycles. The van der Waals surface area contributed by atoms with Gasteiger partial charge in [-0.25, -0.2) is 0 Å². The van der Waals surface area contributed by atoms with E-state index >= 15 is 0 Å². The van der Waals surface area contributed by atoms with Crippen LogP contribution in [0.1, 0.15) is 49.5 Å². The second kappa shape index (κ2) is 6.29. The smallest absolute Gasteiger partial charge is 0.254 e. The Hall–Kier alpha value is -1.51. The Bertz CT molecular complexity index is 484. The number of carbonyl (C=O) groups excluding carboxylic acids is 1. The maximum atomic E-state index is 12.6. The molecular weight excluding hydrogens is 248 g/mol. The number of aryl methyl sites for hydroxylation is 1. The van der Waals surface area contributed by atoms with E-state index in [0.29, 0.717) is 12.0 Å². The number of anilines is 1. The van der Waals surface area contributed by atoms with Gasteiger partial charge in [0.2, 0.25) is 0 Å². The molecule has 1 aliphatic heterocycles. The second-order valence-corrected chi connectivity index (χ2v) is 6.10. The lowest BCUT2D eigenvalue weighted by Crippen LogP contribution is -2.34. The molecule has 0 radical (unpaired) electrons. The molecule has 2 atom stereocenters. The Labute approximate surface area is 122 Å². The van der Waals surface area contributed by atoms with Crippen LogP contribution < -0.4 is 5.32 Å². The van der Waals surface area contributed by atoms with E-state index in [4.69, 9.17) is 0 Å². The molecule has 1 fully saturated rings. The van der Waals surface area contributed by atoms with E-state index in [1.165, 1.54) is 0 Å². The van der Waals surface area contributed by atoms with Gasteiger partial charge in [0.1, 0.15) is 0 Å². The molecule has 2 unspecified atom stereocenters. The quantitative estimate of drug-likeness (QED) is 0.908. The number of benzene rings is 1. The lowest BCUT2D eigenvalue weighted by molar-refractivity contribution is 0.0743. The predicted molar refractivity (Wildman–Crippen MR) is 84.2 cm³/mol. The third kappa shape index (κ3) is 3.14. The molecule has 0 aromatic heterocycles. The van der Waals surface area contributed by atoms with Gasteiger partial charge < -0.3 is 10.2 Å². The molecule has 0 saturated carbocycles. The van der Waals surface area contributed by atoms with Gasteiger partial charge in [-0.05, 0) is 56.4 Å². The molecule has 20 heavy (non-hydrogen) atoms. The van der Waals surface area contributed by atoms with Crippen molar-refractivity contribution in [1.82, 2.24) is 4.90 Å². The van der Waals surface area contributed by atoms with Crippen molar-refractivity contribution in [3.8, 4) is 0 Å². The van der Waals surface area contributed by atoms with Crippen molar-refractivity contribution in [2.75, 3.05) is 18.4 Å². The van der Waals surface area contributed by atoms with Gasteiger partial charge in [0, 0.05) is 30.4 Å². The van der Waals surface area contributed by atoms with E-state index in [1.807, 2.05) is 23.1 Å². The minimum atomic E-state index is 0.173. The minimum absolute atomic E-state index is 0.173. The molecule has 0 bridgehead atoms. The molecular formula is C17H26N2O. The molecule has 110 valence electrons. The number of amides is 1. The van der Waals surface area contributed by atoms with E-state index in [9.17, 15) is 4.79 Å². The monoisotopic (exact) mass is 274 g/mol. The van der Waals surface area contributed by atoms with Gasteiger partial charge in [-0.1, -0.05) is 13.8 Å². The fourth-order valence-corrected chi connectivity index (χ4v) is 3.00. The highest BCUT2D eigenvalue weighted by atomic mass is 16.2. The number of nitrogens with zero attached hydrogens (tertiary/aromatic N) is 1. The number of likely N-dealkylation sites (tertiary alicyclic amines) is 1. The standard InChI is InChI=1S/C17H26N2O/c1-5-8-18-16-7-6-15(10-13(16)3)17(20)19-11-12(2)9-14(19)4/h6-7,10,12,14,18H,5,8-9,11H2,1-4H3.